The van der Waals surface area contributed by atoms with E-state index in [1.165, 1.54) is 11.8 Å². The van der Waals surface area contributed by atoms with E-state index in [1.54, 1.807) is 49.6 Å². The van der Waals surface area contributed by atoms with E-state index >= 15 is 0 Å². The number of ether oxygens (including phenoxy) is 3. The van der Waals surface area contributed by atoms with E-state index in [0.29, 0.717) is 60.2 Å². The van der Waals surface area contributed by atoms with Crippen LogP contribution in [-0.4, -0.2) is 18.2 Å². The maximum Gasteiger partial charge on any atom is 0.264 e. The highest BCUT2D eigenvalue weighted by molar-refractivity contribution is 8.18. The summed E-state index contributed by atoms with van der Waals surface area (Å²) in [6, 6.07) is 25.9. The van der Waals surface area contributed by atoms with Crippen LogP contribution in [0.15, 0.2) is 94.8 Å². The second-order valence-electron chi connectivity index (χ2n) is 8.82. The fourth-order valence-electron chi connectivity index (χ4n) is 3.88. The molecule has 0 saturated carbocycles. The summed E-state index contributed by atoms with van der Waals surface area (Å²) < 4.78 is 17.4. The Balaban J connectivity index is 1.24. The summed E-state index contributed by atoms with van der Waals surface area (Å²) in [5.41, 5.74) is 3.24. The first-order chi connectivity index (χ1) is 19.9. The molecule has 41 heavy (non-hydrogen) atoms. The van der Waals surface area contributed by atoms with E-state index < -0.39 is 0 Å². The van der Waals surface area contributed by atoms with Gasteiger partial charge in [-0.15, -0.1) is 0 Å². The number of halogens is 3. The summed E-state index contributed by atoms with van der Waals surface area (Å²) >= 11 is 20.2. The first-order valence-corrected chi connectivity index (χ1v) is 14.3. The zero-order valence-electron chi connectivity index (χ0n) is 21.7. The molecule has 0 aliphatic carbocycles. The molecule has 1 heterocycles. The van der Waals surface area contributed by atoms with Gasteiger partial charge in [0.05, 0.1) is 27.7 Å². The Labute approximate surface area is 256 Å². The average molecular weight is 626 g/mol. The van der Waals surface area contributed by atoms with Crippen LogP contribution in [0.25, 0.3) is 6.08 Å². The summed E-state index contributed by atoms with van der Waals surface area (Å²) in [4.78, 5) is 17.4. The van der Waals surface area contributed by atoms with Crippen LogP contribution in [0.4, 0.5) is 5.69 Å². The third-order valence-corrected chi connectivity index (χ3v) is 7.60. The molecule has 4 aromatic rings. The Hall–Kier alpha value is -3.62. The van der Waals surface area contributed by atoms with Crippen molar-refractivity contribution in [2.75, 3.05) is 7.11 Å². The first kappa shape index (κ1) is 28.9. The molecule has 0 spiro atoms. The smallest absolute Gasteiger partial charge is 0.264 e. The summed E-state index contributed by atoms with van der Waals surface area (Å²) in [5.74, 6) is 1.30. The third-order valence-electron chi connectivity index (χ3n) is 5.87. The molecule has 6 nitrogen and oxygen atoms in total. The Morgan fingerprint density at radius 1 is 0.829 bits per heavy atom. The second kappa shape index (κ2) is 13.4. The molecule has 0 atom stereocenters. The predicted octanol–water partition coefficient (Wildman–Crippen LogP) is 8.71. The lowest BCUT2D eigenvalue weighted by Crippen LogP contribution is -2.19. The van der Waals surface area contributed by atoms with Crippen molar-refractivity contribution in [2.45, 2.75) is 13.2 Å². The highest BCUT2D eigenvalue weighted by Crippen LogP contribution is 2.37. The molecule has 1 aliphatic rings. The molecule has 10 heteroatoms. The van der Waals surface area contributed by atoms with Crippen molar-refractivity contribution in [3.63, 3.8) is 0 Å². The fourth-order valence-corrected chi connectivity index (χ4v) is 5.46. The molecule has 4 aromatic carbocycles. The molecule has 1 fully saturated rings. The van der Waals surface area contributed by atoms with Gasteiger partial charge in [0.1, 0.15) is 13.2 Å². The number of hydrogen-bond acceptors (Lipinski definition) is 6. The van der Waals surface area contributed by atoms with Gasteiger partial charge in [-0.1, -0.05) is 71.2 Å². The van der Waals surface area contributed by atoms with Crippen molar-refractivity contribution in [2.24, 2.45) is 4.99 Å². The number of amidine groups is 1. The monoisotopic (exact) mass is 624 g/mol. The number of carbonyl (C=O) groups is 1. The van der Waals surface area contributed by atoms with Crippen LogP contribution in [0.3, 0.4) is 0 Å². The van der Waals surface area contributed by atoms with Crippen molar-refractivity contribution >= 4 is 69.4 Å². The quantitative estimate of drug-likeness (QED) is 0.189. The predicted molar refractivity (Wildman–Crippen MR) is 167 cm³/mol. The Morgan fingerprint density at radius 3 is 2.24 bits per heavy atom. The summed E-state index contributed by atoms with van der Waals surface area (Å²) in [6.07, 6.45) is 1.70. The maximum atomic E-state index is 12.5. The number of carbonyl (C=O) groups excluding carboxylic acids is 1. The molecule has 5 rings (SSSR count). The minimum Gasteiger partial charge on any atom is -0.493 e. The Bertz CT molecular complexity index is 1600. The number of hydrogen-bond donors (Lipinski definition) is 1. The molecule has 0 radical (unpaired) electrons. The van der Waals surface area contributed by atoms with Gasteiger partial charge in [-0.05, 0) is 83.1 Å². The normalized spacial score (nSPS) is 14.8. The lowest BCUT2D eigenvalue weighted by molar-refractivity contribution is -0.115. The number of nitrogens with zero attached hydrogens (tertiary/aromatic N) is 1. The molecular weight excluding hydrogens is 603 g/mol. The van der Waals surface area contributed by atoms with E-state index in [-0.39, 0.29) is 12.5 Å². The van der Waals surface area contributed by atoms with Gasteiger partial charge in [0.15, 0.2) is 22.4 Å². The molecule has 0 unspecified atom stereocenters. The number of amides is 1. The highest BCUT2D eigenvalue weighted by atomic mass is 35.5. The van der Waals surface area contributed by atoms with Crippen LogP contribution in [0.1, 0.15) is 16.7 Å². The van der Waals surface area contributed by atoms with Gasteiger partial charge in [0, 0.05) is 5.02 Å². The largest absolute Gasteiger partial charge is 0.493 e. The molecular formula is C31H23Cl3N2O4S. The maximum absolute atomic E-state index is 12.5. The van der Waals surface area contributed by atoms with Crippen molar-refractivity contribution in [1.82, 2.24) is 5.32 Å². The van der Waals surface area contributed by atoms with Crippen LogP contribution < -0.4 is 19.5 Å². The Morgan fingerprint density at radius 2 is 1.54 bits per heavy atom. The van der Waals surface area contributed by atoms with E-state index in [0.717, 1.165) is 11.1 Å². The number of methoxy groups -OCH3 is 1. The lowest BCUT2D eigenvalue weighted by Gasteiger charge is -2.14. The average Bonchev–Trinajstić information content (AvgIpc) is 3.31. The van der Waals surface area contributed by atoms with Crippen LogP contribution in [0.5, 0.6) is 17.2 Å². The van der Waals surface area contributed by atoms with Gasteiger partial charge in [-0.3, -0.25) is 4.79 Å². The van der Waals surface area contributed by atoms with E-state index in [1.807, 2.05) is 48.5 Å². The molecule has 208 valence electrons. The topological polar surface area (TPSA) is 69.2 Å². The van der Waals surface area contributed by atoms with Gasteiger partial charge in [-0.2, -0.15) is 0 Å². The standard InChI is InChI=1S/C31H23Cl3N2O4S/c1-38-27-15-20(7-12-26(27)39-17-19-5-3-2-4-6-19)18-40-29-24(33)13-21(14-25(29)34)16-28-30(37)36-31(41-28)35-23-10-8-22(32)9-11-23/h2-16H,17-18H2,1H3,(H,35,36,37)/b28-16+. The lowest BCUT2D eigenvalue weighted by atomic mass is 10.2. The van der Waals surface area contributed by atoms with Crippen molar-refractivity contribution in [3.05, 3.63) is 122 Å². The fraction of sp³-hybridized carbons (Fsp3) is 0.0968. The van der Waals surface area contributed by atoms with Gasteiger partial charge in [-0.25, -0.2) is 4.99 Å². The summed E-state index contributed by atoms with van der Waals surface area (Å²) in [5, 5.41) is 4.47. The van der Waals surface area contributed by atoms with Crippen LogP contribution in [0.2, 0.25) is 15.1 Å². The van der Waals surface area contributed by atoms with Crippen molar-refractivity contribution < 1.29 is 19.0 Å². The zero-order chi connectivity index (χ0) is 28.8. The number of thioether (sulfide) groups is 1. The summed E-state index contributed by atoms with van der Waals surface area (Å²) in [7, 11) is 1.59. The van der Waals surface area contributed by atoms with Crippen LogP contribution in [0, 0.1) is 0 Å². The minimum absolute atomic E-state index is 0.206. The first-order valence-electron chi connectivity index (χ1n) is 12.4. The second-order valence-corrected chi connectivity index (χ2v) is 11.1. The molecule has 1 amide bonds. The van der Waals surface area contributed by atoms with Crippen molar-refractivity contribution in [1.29, 1.82) is 0 Å². The van der Waals surface area contributed by atoms with E-state index in [2.05, 4.69) is 10.3 Å². The van der Waals surface area contributed by atoms with E-state index in [9.17, 15) is 4.79 Å². The van der Waals surface area contributed by atoms with Crippen molar-refractivity contribution in [3.8, 4) is 17.2 Å². The number of aliphatic imine (C=N–C) groups is 1. The molecule has 1 aliphatic heterocycles. The van der Waals surface area contributed by atoms with Crippen LogP contribution >= 0.6 is 46.6 Å². The molecule has 1 saturated heterocycles. The summed E-state index contributed by atoms with van der Waals surface area (Å²) in [6.45, 7) is 0.634. The van der Waals surface area contributed by atoms with Gasteiger partial charge in [0.25, 0.3) is 5.91 Å². The number of nitrogens with one attached hydrogen (secondary N) is 1. The molecule has 0 bridgehead atoms. The van der Waals surface area contributed by atoms with Gasteiger partial charge < -0.3 is 19.5 Å². The van der Waals surface area contributed by atoms with Gasteiger partial charge in [0.2, 0.25) is 0 Å². The minimum atomic E-state index is -0.263. The third kappa shape index (κ3) is 7.57. The van der Waals surface area contributed by atoms with Crippen LogP contribution in [-0.2, 0) is 18.0 Å². The molecule has 0 aromatic heterocycles. The zero-order valence-corrected chi connectivity index (χ0v) is 24.8. The SMILES string of the molecule is COc1cc(COc2c(Cl)cc(/C=C3/SC(=Nc4ccc(Cl)cc4)NC3=O)cc2Cl)ccc1OCc1ccccc1. The highest BCUT2D eigenvalue weighted by Gasteiger charge is 2.24. The number of benzene rings is 4. The molecule has 1 N–H and O–H groups in total. The van der Waals surface area contributed by atoms with Gasteiger partial charge >= 0.3 is 0 Å². The number of rotatable bonds is 9. The Kier molecular flexibility index (Phi) is 9.42. The van der Waals surface area contributed by atoms with E-state index in [4.69, 9.17) is 49.0 Å².